The first kappa shape index (κ1) is 39.3. The zero-order chi connectivity index (χ0) is 50.6. The number of pyridine rings is 2. The van der Waals surface area contributed by atoms with Crippen LogP contribution in [0.4, 0.5) is 28.6 Å². The predicted molar refractivity (Wildman–Crippen MR) is 307 cm³/mol. The minimum atomic E-state index is -0.715. The lowest BCUT2D eigenvalue weighted by Gasteiger charge is -2.51. The van der Waals surface area contributed by atoms with Crippen molar-refractivity contribution < 1.29 is 14.1 Å². The van der Waals surface area contributed by atoms with Crippen LogP contribution in [-0.2, 0) is 16.2 Å². The summed E-state index contributed by atoms with van der Waals surface area (Å²) >= 11 is 0. The van der Waals surface area contributed by atoms with Crippen molar-refractivity contribution in [3.63, 3.8) is 0 Å². The summed E-state index contributed by atoms with van der Waals surface area (Å²) in [5.41, 5.74) is 29.5. The Morgan fingerprint density at radius 3 is 1.38 bits per heavy atom. The van der Waals surface area contributed by atoms with Crippen LogP contribution in [0.5, 0.6) is 11.6 Å². The van der Waals surface area contributed by atoms with Gasteiger partial charge in [0.15, 0.2) is 6.20 Å². The SMILES string of the molecule is c1ccc2c(c1)-c1ccccc1C21c2cccc3c2N2c4c1cccc4[N+]14c5c(ccc6c5-n5c7c(cccc7c7ccc[n+]1c75)C61c5ccccc5-c5ccccc51)Oc1ccc(c2[n+]14)C31c2ccccc2-c2ccccc21. The van der Waals surface area contributed by atoms with E-state index in [1.165, 1.54) is 133 Å². The Morgan fingerprint density at radius 1 is 0.354 bits per heavy atom. The second-order valence-electron chi connectivity index (χ2n) is 23.1. The number of benzene rings is 10. The Kier molecular flexibility index (Phi) is 6.13. The lowest BCUT2D eigenvalue weighted by atomic mass is 9.59. The summed E-state index contributed by atoms with van der Waals surface area (Å²) in [5, 5.41) is 2.46. The van der Waals surface area contributed by atoms with Crippen LogP contribution in [-0.4, -0.2) is 4.57 Å². The number of para-hydroxylation sites is 3. The third kappa shape index (κ3) is 3.60. The fourth-order valence-corrected chi connectivity index (χ4v) is 18.3. The molecular weight excluding hydrogens is 963 g/mol. The molecule has 13 aromatic rings. The molecule has 9 heterocycles. The van der Waals surface area contributed by atoms with E-state index in [-0.39, 0.29) is 4.70 Å². The van der Waals surface area contributed by atoms with Gasteiger partial charge in [0.25, 0.3) is 5.69 Å². The fourth-order valence-electron chi connectivity index (χ4n) is 18.3. The van der Waals surface area contributed by atoms with Gasteiger partial charge in [-0.2, -0.15) is 9.47 Å². The highest BCUT2D eigenvalue weighted by Gasteiger charge is 2.75. The van der Waals surface area contributed by atoms with Gasteiger partial charge >= 0.3 is 23.0 Å². The Morgan fingerprint density at radius 2 is 0.797 bits per heavy atom. The third-order valence-corrected chi connectivity index (χ3v) is 20.5. The molecule has 10 aromatic carbocycles. The van der Waals surface area contributed by atoms with Gasteiger partial charge in [-0.25, -0.2) is 0 Å². The third-order valence-electron chi connectivity index (χ3n) is 20.5. The molecule has 9 aliphatic rings. The number of aromatic nitrogens is 3. The van der Waals surface area contributed by atoms with Gasteiger partial charge in [0.1, 0.15) is 11.2 Å². The minimum Gasteiger partial charge on any atom is -0.412 e. The van der Waals surface area contributed by atoms with Gasteiger partial charge in [0.2, 0.25) is 17.1 Å². The van der Waals surface area contributed by atoms with E-state index in [1.54, 1.807) is 0 Å². The topological polar surface area (TPSA) is 25.2 Å². The molecule has 0 bridgehead atoms. The molecule has 22 rings (SSSR count). The summed E-state index contributed by atoms with van der Waals surface area (Å²) in [7, 11) is 0. The molecule has 1 atom stereocenters. The molecule has 0 saturated heterocycles. The summed E-state index contributed by atoms with van der Waals surface area (Å²) in [6, 6.07) is 91.2. The smallest absolute Gasteiger partial charge is 0.352 e. The van der Waals surface area contributed by atoms with Gasteiger partial charge in [0.05, 0.1) is 31.9 Å². The van der Waals surface area contributed by atoms with Crippen LogP contribution in [0.25, 0.3) is 61.0 Å². The number of rotatable bonds is 0. The van der Waals surface area contributed by atoms with E-state index in [0.29, 0.717) is 0 Å². The predicted octanol–water partition coefficient (Wildman–Crippen LogP) is 15.2. The van der Waals surface area contributed by atoms with Gasteiger partial charge in [-0.1, -0.05) is 188 Å². The molecule has 6 nitrogen and oxygen atoms in total. The molecule has 6 aliphatic heterocycles. The lowest BCUT2D eigenvalue weighted by Crippen LogP contribution is -2.88. The summed E-state index contributed by atoms with van der Waals surface area (Å²) in [6.07, 6.45) is 2.36. The zero-order valence-electron chi connectivity index (χ0n) is 42.2. The monoisotopic (exact) mass is 1000 g/mol. The van der Waals surface area contributed by atoms with Crippen LogP contribution in [0, 0.1) is 0 Å². The van der Waals surface area contributed by atoms with Crippen LogP contribution in [0.3, 0.4) is 0 Å². The molecular formula is C73H40N5O+3. The van der Waals surface area contributed by atoms with Gasteiger partial charge in [-0.3, -0.25) is 0 Å². The van der Waals surface area contributed by atoms with Crippen molar-refractivity contribution in [1.29, 1.82) is 0 Å². The number of hydrogen-bond donors (Lipinski definition) is 0. The van der Waals surface area contributed by atoms with Crippen molar-refractivity contribution in [3.8, 4) is 50.7 Å². The van der Waals surface area contributed by atoms with Crippen LogP contribution in [0.15, 0.2) is 243 Å². The second-order valence-corrected chi connectivity index (χ2v) is 23.1. The van der Waals surface area contributed by atoms with E-state index in [4.69, 9.17) is 4.74 Å². The Hall–Kier alpha value is -10.1. The summed E-state index contributed by atoms with van der Waals surface area (Å²) in [6.45, 7) is 0. The molecule has 1 unspecified atom stereocenters. The maximum absolute atomic E-state index is 7.72. The molecule has 6 heteroatoms. The molecule has 3 aromatic heterocycles. The standard InChI is InChI=1S/C73H40N5O/c1-7-25-49-41(17-1)42-18-2-8-26-50(42)71(49)55-31-13-23-47-48-24-16-40-74-69(48)75(64(47)55)67-59(71)36-38-62-68(67)78(74)61-35-15-34-58-66(61)76-65-56(72(58)51-27-9-3-19-43(51)44-20-4-10-28-52(44)72)32-14-33-57(65)73(60-37-39-63(79-62)77(78)70(60)76)53-29-11-5-21-45(53)46-22-6-12-30-54(46)73/h1-40H/q+3. The van der Waals surface area contributed by atoms with E-state index >= 15 is 0 Å². The summed E-state index contributed by atoms with van der Waals surface area (Å²) in [4.78, 5) is 2.71. The van der Waals surface area contributed by atoms with Gasteiger partial charge < -0.3 is 4.74 Å². The number of ether oxygens (including phenoxy) is 1. The van der Waals surface area contributed by atoms with Crippen LogP contribution >= 0.6 is 0 Å². The molecule has 3 aliphatic carbocycles. The largest absolute Gasteiger partial charge is 0.412 e. The number of nitrogens with zero attached hydrogens (tertiary/aromatic N) is 5. The minimum absolute atomic E-state index is 0.204. The van der Waals surface area contributed by atoms with Crippen molar-refractivity contribution in [3.05, 3.63) is 310 Å². The molecule has 0 fully saturated rings. The van der Waals surface area contributed by atoms with E-state index < -0.39 is 16.2 Å². The number of hydrogen-bond acceptors (Lipinski definition) is 2. The number of quaternary nitrogens is 1. The van der Waals surface area contributed by atoms with Crippen molar-refractivity contribution in [2.75, 3.05) is 4.90 Å². The Balaban J connectivity index is 1.01. The quantitative estimate of drug-likeness (QED) is 0.112. The van der Waals surface area contributed by atoms with Gasteiger partial charge in [0, 0.05) is 50.0 Å². The fraction of sp³-hybridized carbons (Fsp3) is 0.0411. The van der Waals surface area contributed by atoms with E-state index in [2.05, 4.69) is 262 Å². The summed E-state index contributed by atoms with van der Waals surface area (Å²) < 4.78 is 15.8. The van der Waals surface area contributed by atoms with Crippen molar-refractivity contribution in [1.82, 2.24) is 9.27 Å². The Labute approximate surface area is 452 Å². The van der Waals surface area contributed by atoms with Crippen LogP contribution < -0.4 is 23.7 Å². The first-order chi connectivity index (χ1) is 39.2. The van der Waals surface area contributed by atoms with E-state index in [1.807, 2.05) is 0 Å². The maximum atomic E-state index is 7.72. The zero-order valence-corrected chi connectivity index (χ0v) is 42.2. The molecule has 0 saturated carbocycles. The molecule has 0 amide bonds. The number of fused-ring (bicyclic) bond motifs is 22. The van der Waals surface area contributed by atoms with Gasteiger partial charge in [-0.05, 0) is 108 Å². The Bertz CT molecular complexity index is 5080. The lowest BCUT2D eigenvalue weighted by molar-refractivity contribution is -1.03. The second kappa shape index (κ2) is 12.3. The first-order valence-electron chi connectivity index (χ1n) is 27.7. The highest BCUT2D eigenvalue weighted by Crippen LogP contribution is 2.74. The van der Waals surface area contributed by atoms with E-state index in [0.717, 1.165) is 34.5 Å². The highest BCUT2D eigenvalue weighted by molar-refractivity contribution is 6.13. The molecule has 4 spiro atoms. The number of anilines is 3. The molecule has 360 valence electrons. The van der Waals surface area contributed by atoms with Crippen molar-refractivity contribution >= 4 is 50.5 Å². The molecule has 79 heavy (non-hydrogen) atoms. The van der Waals surface area contributed by atoms with E-state index in [9.17, 15) is 0 Å². The van der Waals surface area contributed by atoms with Crippen molar-refractivity contribution in [2.45, 2.75) is 16.2 Å². The maximum Gasteiger partial charge on any atom is 0.352 e. The van der Waals surface area contributed by atoms with Crippen molar-refractivity contribution in [2.24, 2.45) is 0 Å². The normalized spacial score (nSPS) is 18.3. The first-order valence-corrected chi connectivity index (χ1v) is 27.7. The van der Waals surface area contributed by atoms with Gasteiger partial charge in [-0.15, -0.1) is 0 Å². The molecule has 0 radical (unpaired) electrons. The highest BCUT2D eigenvalue weighted by atomic mass is 16.5. The summed E-state index contributed by atoms with van der Waals surface area (Å²) in [5.74, 6) is 2.74. The average molecular weight is 1000 g/mol. The molecule has 0 N–H and O–H groups in total. The average Bonchev–Trinajstić information content (AvgIpc) is 1.91. The van der Waals surface area contributed by atoms with Crippen LogP contribution in [0.1, 0.15) is 66.8 Å². The van der Waals surface area contributed by atoms with Crippen LogP contribution in [0.2, 0.25) is 0 Å².